The molecule has 0 atom stereocenters. The first-order chi connectivity index (χ1) is 8.95. The predicted molar refractivity (Wildman–Crippen MR) is 74.0 cm³/mol. The third-order valence-electron chi connectivity index (χ3n) is 2.40. The van der Waals surface area contributed by atoms with Gasteiger partial charge in [0, 0.05) is 5.69 Å². The maximum Gasteiger partial charge on any atom is 0.322 e. The van der Waals surface area contributed by atoms with Crippen molar-refractivity contribution in [3.63, 3.8) is 0 Å². The summed E-state index contributed by atoms with van der Waals surface area (Å²) in [6.07, 6.45) is 0. The number of nitrogen functional groups attached to an aromatic ring is 1. The lowest BCUT2D eigenvalue weighted by Gasteiger charge is -2.08. The average molecular weight is 277 g/mol. The second-order valence-corrected chi connectivity index (χ2v) is 4.53. The topological polar surface area (TPSA) is 84.9 Å². The fourth-order valence-electron chi connectivity index (χ4n) is 1.51. The zero-order valence-corrected chi connectivity index (χ0v) is 11.3. The van der Waals surface area contributed by atoms with Gasteiger partial charge in [-0.05, 0) is 37.6 Å². The molecule has 0 saturated heterocycles. The maximum atomic E-state index is 7.39. The van der Waals surface area contributed by atoms with Crippen LogP contribution in [0.15, 0.2) is 24.3 Å². The van der Waals surface area contributed by atoms with E-state index in [1.54, 1.807) is 25.1 Å². The summed E-state index contributed by atoms with van der Waals surface area (Å²) in [7, 11) is 0. The van der Waals surface area contributed by atoms with Crippen molar-refractivity contribution >= 4 is 17.4 Å². The van der Waals surface area contributed by atoms with Crippen molar-refractivity contribution in [1.29, 1.82) is 5.41 Å². The number of ether oxygens (including phenoxy) is 1. The van der Waals surface area contributed by atoms with Gasteiger partial charge in [0.15, 0.2) is 0 Å². The number of hydrogen-bond donors (Lipinski definition) is 2. The van der Waals surface area contributed by atoms with Crippen LogP contribution in [-0.2, 0) is 0 Å². The molecule has 2 rings (SSSR count). The minimum Gasteiger partial charge on any atom is -0.423 e. The minimum absolute atomic E-state index is 0.123. The molecule has 0 amide bonds. The van der Waals surface area contributed by atoms with Crippen molar-refractivity contribution in [2.45, 2.75) is 13.8 Å². The number of halogens is 1. The lowest BCUT2D eigenvalue weighted by Crippen LogP contribution is -2.14. The second kappa shape index (κ2) is 5.24. The number of hydrogen-bond acceptors (Lipinski definition) is 4. The molecular formula is C13H13ClN4O. The van der Waals surface area contributed by atoms with Crippen molar-refractivity contribution in [1.82, 2.24) is 9.97 Å². The molecule has 1 aromatic carbocycles. The molecule has 0 aliphatic carbocycles. The van der Waals surface area contributed by atoms with Crippen LogP contribution in [0.4, 0.5) is 0 Å². The van der Waals surface area contributed by atoms with E-state index in [9.17, 15) is 0 Å². The van der Waals surface area contributed by atoms with Gasteiger partial charge in [-0.2, -0.15) is 4.98 Å². The molecule has 3 N–H and O–H groups in total. The fourth-order valence-corrected chi connectivity index (χ4v) is 1.67. The van der Waals surface area contributed by atoms with E-state index in [1.807, 2.05) is 13.0 Å². The Balaban J connectivity index is 2.38. The summed E-state index contributed by atoms with van der Waals surface area (Å²) in [5.41, 5.74) is 7.41. The zero-order valence-electron chi connectivity index (χ0n) is 10.6. The molecule has 0 aliphatic heterocycles. The number of aromatic nitrogens is 2. The average Bonchev–Trinajstić information content (AvgIpc) is 2.33. The van der Waals surface area contributed by atoms with E-state index >= 15 is 0 Å². The van der Waals surface area contributed by atoms with Gasteiger partial charge in [-0.1, -0.05) is 17.7 Å². The Hall–Kier alpha value is -2.14. The number of aryl methyl sites for hydroxylation is 2. The van der Waals surface area contributed by atoms with Gasteiger partial charge < -0.3 is 10.5 Å². The fraction of sp³-hybridized carbons (Fsp3) is 0.154. The summed E-state index contributed by atoms with van der Waals surface area (Å²) >= 11 is 6.04. The van der Waals surface area contributed by atoms with Crippen LogP contribution in [0.2, 0.25) is 5.02 Å². The van der Waals surface area contributed by atoms with Crippen LogP contribution >= 0.6 is 11.6 Å². The highest BCUT2D eigenvalue weighted by Gasteiger charge is 2.09. The number of nitrogens with one attached hydrogen (secondary N) is 1. The molecule has 98 valence electrons. The normalized spacial score (nSPS) is 10.3. The van der Waals surface area contributed by atoms with Gasteiger partial charge in [0.05, 0.1) is 5.02 Å². The van der Waals surface area contributed by atoms with Crippen LogP contribution in [0, 0.1) is 19.3 Å². The van der Waals surface area contributed by atoms with Crippen molar-refractivity contribution in [2.75, 3.05) is 0 Å². The van der Waals surface area contributed by atoms with Crippen LogP contribution in [0.3, 0.4) is 0 Å². The summed E-state index contributed by atoms with van der Waals surface area (Å²) in [4.78, 5) is 8.20. The lowest BCUT2D eigenvalue weighted by atomic mass is 10.2. The van der Waals surface area contributed by atoms with Crippen LogP contribution in [0.5, 0.6) is 11.8 Å². The molecule has 2 aromatic rings. The Morgan fingerprint density at radius 1 is 1.26 bits per heavy atom. The third kappa shape index (κ3) is 3.20. The summed E-state index contributed by atoms with van der Waals surface area (Å²) in [5, 5.41) is 7.86. The molecule has 19 heavy (non-hydrogen) atoms. The van der Waals surface area contributed by atoms with E-state index in [0.717, 1.165) is 5.56 Å². The highest BCUT2D eigenvalue weighted by Crippen LogP contribution is 2.28. The Kier molecular flexibility index (Phi) is 3.66. The Labute approximate surface area is 115 Å². The summed E-state index contributed by atoms with van der Waals surface area (Å²) in [6.45, 7) is 3.71. The smallest absolute Gasteiger partial charge is 0.322 e. The summed E-state index contributed by atoms with van der Waals surface area (Å²) in [5.74, 6) is 0.340. The molecule has 0 bridgehead atoms. The van der Waals surface area contributed by atoms with E-state index < -0.39 is 0 Å². The number of nitrogens with zero attached hydrogens (tertiary/aromatic N) is 2. The van der Waals surface area contributed by atoms with E-state index in [-0.39, 0.29) is 11.8 Å². The van der Waals surface area contributed by atoms with Gasteiger partial charge in [-0.25, -0.2) is 4.98 Å². The quantitative estimate of drug-likeness (QED) is 0.667. The van der Waals surface area contributed by atoms with Gasteiger partial charge >= 0.3 is 6.01 Å². The largest absolute Gasteiger partial charge is 0.423 e. The van der Waals surface area contributed by atoms with Crippen molar-refractivity contribution in [3.05, 3.63) is 46.2 Å². The monoisotopic (exact) mass is 276 g/mol. The van der Waals surface area contributed by atoms with E-state index in [1.165, 1.54) is 0 Å². The molecule has 1 aromatic heterocycles. The molecule has 6 heteroatoms. The summed E-state index contributed by atoms with van der Waals surface area (Å²) < 4.78 is 5.56. The van der Waals surface area contributed by atoms with Crippen LogP contribution in [-0.4, -0.2) is 15.8 Å². The molecular weight excluding hydrogens is 264 g/mol. The molecule has 1 heterocycles. The SMILES string of the molecule is Cc1ccc(Cl)c(Oc2nc(C)cc(C(=N)N)n2)c1. The van der Waals surface area contributed by atoms with Crippen LogP contribution < -0.4 is 10.5 Å². The lowest BCUT2D eigenvalue weighted by molar-refractivity contribution is 0.440. The Morgan fingerprint density at radius 3 is 2.68 bits per heavy atom. The summed E-state index contributed by atoms with van der Waals surface area (Å²) in [6, 6.07) is 7.16. The van der Waals surface area contributed by atoms with Crippen LogP contribution in [0.1, 0.15) is 17.0 Å². The molecule has 0 unspecified atom stereocenters. The first kappa shape index (κ1) is 13.3. The number of rotatable bonds is 3. The molecule has 0 aliphatic rings. The molecule has 0 saturated carbocycles. The van der Waals surface area contributed by atoms with Crippen molar-refractivity contribution < 1.29 is 4.74 Å². The highest BCUT2D eigenvalue weighted by molar-refractivity contribution is 6.32. The highest BCUT2D eigenvalue weighted by atomic mass is 35.5. The first-order valence-electron chi connectivity index (χ1n) is 5.60. The van der Waals surface area contributed by atoms with E-state index in [4.69, 9.17) is 27.5 Å². The molecule has 0 fully saturated rings. The molecule has 0 spiro atoms. The van der Waals surface area contributed by atoms with Crippen LogP contribution in [0.25, 0.3) is 0 Å². The Bertz CT molecular complexity index is 643. The number of benzene rings is 1. The van der Waals surface area contributed by atoms with Gasteiger partial charge in [0.25, 0.3) is 0 Å². The molecule has 0 radical (unpaired) electrons. The van der Waals surface area contributed by atoms with E-state index in [0.29, 0.717) is 22.2 Å². The standard InChI is InChI=1S/C13H13ClN4O/c1-7-3-4-9(14)11(5-7)19-13-17-8(2)6-10(18-13)12(15)16/h3-6H,1-2H3,(H3,15,16). The first-order valence-corrected chi connectivity index (χ1v) is 5.97. The predicted octanol–water partition coefficient (Wildman–Crippen LogP) is 2.82. The van der Waals surface area contributed by atoms with Gasteiger partial charge in [-0.15, -0.1) is 0 Å². The molecule has 5 nitrogen and oxygen atoms in total. The number of nitrogens with two attached hydrogens (primary N) is 1. The third-order valence-corrected chi connectivity index (χ3v) is 2.71. The maximum absolute atomic E-state index is 7.39. The van der Waals surface area contributed by atoms with Crippen molar-refractivity contribution in [2.24, 2.45) is 5.73 Å². The van der Waals surface area contributed by atoms with Crippen molar-refractivity contribution in [3.8, 4) is 11.8 Å². The minimum atomic E-state index is -0.134. The van der Waals surface area contributed by atoms with Gasteiger partial charge in [0.2, 0.25) is 0 Å². The zero-order chi connectivity index (χ0) is 14.0. The second-order valence-electron chi connectivity index (χ2n) is 4.13. The van der Waals surface area contributed by atoms with Gasteiger partial charge in [-0.3, -0.25) is 5.41 Å². The number of amidine groups is 1. The Morgan fingerprint density at radius 2 is 2.00 bits per heavy atom. The van der Waals surface area contributed by atoms with E-state index in [2.05, 4.69) is 9.97 Å². The van der Waals surface area contributed by atoms with Gasteiger partial charge in [0.1, 0.15) is 17.3 Å².